The fraction of sp³-hybridized carbons (Fsp3) is 0.211. The smallest absolute Gasteiger partial charge is 0.242 e. The SMILES string of the molecule is COc1cc(-c2cc(NC(=O)C(N)Cc3ccccc3)n(C)n2)ccn1. The summed E-state index contributed by atoms with van der Waals surface area (Å²) in [4.78, 5) is 16.5. The molecular formula is C19H21N5O2. The van der Waals surface area contributed by atoms with E-state index in [2.05, 4.69) is 15.4 Å². The highest BCUT2D eigenvalue weighted by molar-refractivity contribution is 5.94. The summed E-state index contributed by atoms with van der Waals surface area (Å²) >= 11 is 0. The average Bonchev–Trinajstić information content (AvgIpc) is 3.03. The number of amides is 1. The number of nitrogens with two attached hydrogens (primary N) is 1. The third-order valence-corrected chi connectivity index (χ3v) is 4.01. The molecule has 7 nitrogen and oxygen atoms in total. The van der Waals surface area contributed by atoms with Crippen molar-refractivity contribution < 1.29 is 9.53 Å². The fourth-order valence-electron chi connectivity index (χ4n) is 2.59. The lowest BCUT2D eigenvalue weighted by atomic mass is 10.1. The average molecular weight is 351 g/mol. The van der Waals surface area contributed by atoms with Crippen LogP contribution in [-0.2, 0) is 18.3 Å². The first-order valence-corrected chi connectivity index (χ1v) is 8.21. The summed E-state index contributed by atoms with van der Waals surface area (Å²) in [5, 5.41) is 7.27. The maximum atomic E-state index is 12.4. The molecule has 3 aromatic rings. The number of aryl methyl sites for hydroxylation is 1. The summed E-state index contributed by atoms with van der Waals surface area (Å²) < 4.78 is 6.74. The number of carbonyl (C=O) groups excluding carboxylic acids is 1. The van der Waals surface area contributed by atoms with Crippen LogP contribution in [0.2, 0.25) is 0 Å². The molecule has 0 bridgehead atoms. The van der Waals surface area contributed by atoms with Crippen molar-refractivity contribution >= 4 is 11.7 Å². The third kappa shape index (κ3) is 4.07. The van der Waals surface area contributed by atoms with Crippen LogP contribution in [-0.4, -0.2) is 33.8 Å². The van der Waals surface area contributed by atoms with Crippen LogP contribution in [0.1, 0.15) is 5.56 Å². The van der Waals surface area contributed by atoms with Gasteiger partial charge in [-0.25, -0.2) is 4.98 Å². The topological polar surface area (TPSA) is 95.1 Å². The Morgan fingerprint density at radius 3 is 2.77 bits per heavy atom. The van der Waals surface area contributed by atoms with Crippen molar-refractivity contribution in [3.05, 3.63) is 60.3 Å². The Labute approximate surface area is 151 Å². The van der Waals surface area contributed by atoms with Gasteiger partial charge in [-0.15, -0.1) is 0 Å². The normalized spacial score (nSPS) is 11.8. The number of benzene rings is 1. The number of rotatable bonds is 6. The summed E-state index contributed by atoms with van der Waals surface area (Å²) in [6.45, 7) is 0. The molecule has 2 aromatic heterocycles. The van der Waals surface area contributed by atoms with Crippen LogP contribution in [0.25, 0.3) is 11.3 Å². The Morgan fingerprint density at radius 1 is 1.27 bits per heavy atom. The lowest BCUT2D eigenvalue weighted by Gasteiger charge is -2.12. The Bertz CT molecular complexity index is 892. The maximum absolute atomic E-state index is 12.4. The van der Waals surface area contributed by atoms with Crippen molar-refractivity contribution in [2.45, 2.75) is 12.5 Å². The van der Waals surface area contributed by atoms with E-state index < -0.39 is 6.04 Å². The lowest BCUT2D eigenvalue weighted by molar-refractivity contribution is -0.117. The molecule has 1 amide bonds. The van der Waals surface area contributed by atoms with Crippen molar-refractivity contribution in [1.82, 2.24) is 14.8 Å². The molecule has 1 aromatic carbocycles. The second-order valence-electron chi connectivity index (χ2n) is 5.91. The molecule has 0 aliphatic heterocycles. The number of methoxy groups -OCH3 is 1. The third-order valence-electron chi connectivity index (χ3n) is 4.01. The van der Waals surface area contributed by atoms with Crippen LogP contribution < -0.4 is 15.8 Å². The van der Waals surface area contributed by atoms with Gasteiger partial charge >= 0.3 is 0 Å². The first kappa shape index (κ1) is 17.6. The molecule has 0 fully saturated rings. The van der Waals surface area contributed by atoms with Crippen molar-refractivity contribution in [3.63, 3.8) is 0 Å². The summed E-state index contributed by atoms with van der Waals surface area (Å²) in [6.07, 6.45) is 2.12. The first-order chi connectivity index (χ1) is 12.6. The zero-order chi connectivity index (χ0) is 18.5. The van der Waals surface area contributed by atoms with E-state index in [1.54, 1.807) is 37.2 Å². The summed E-state index contributed by atoms with van der Waals surface area (Å²) in [5.74, 6) is 0.823. The molecule has 0 saturated heterocycles. The number of nitrogens with one attached hydrogen (secondary N) is 1. The van der Waals surface area contributed by atoms with Crippen molar-refractivity contribution in [2.75, 3.05) is 12.4 Å². The molecule has 0 aliphatic carbocycles. The lowest BCUT2D eigenvalue weighted by Crippen LogP contribution is -2.37. The van der Waals surface area contributed by atoms with Gasteiger partial charge in [0.25, 0.3) is 0 Å². The zero-order valence-corrected chi connectivity index (χ0v) is 14.7. The first-order valence-electron chi connectivity index (χ1n) is 8.21. The number of hydrogen-bond donors (Lipinski definition) is 2. The van der Waals surface area contributed by atoms with Crippen molar-refractivity contribution in [1.29, 1.82) is 0 Å². The molecule has 3 rings (SSSR count). The van der Waals surface area contributed by atoms with Gasteiger partial charge in [0.15, 0.2) is 0 Å². The van der Waals surface area contributed by atoms with Crippen molar-refractivity contribution in [3.8, 4) is 17.1 Å². The zero-order valence-electron chi connectivity index (χ0n) is 14.7. The Balaban J connectivity index is 1.71. The van der Waals surface area contributed by atoms with E-state index in [1.807, 2.05) is 36.4 Å². The van der Waals surface area contributed by atoms with Gasteiger partial charge in [0.05, 0.1) is 18.8 Å². The molecule has 26 heavy (non-hydrogen) atoms. The van der Waals surface area contributed by atoms with Gasteiger partial charge in [-0.3, -0.25) is 9.48 Å². The van der Waals surface area contributed by atoms with E-state index in [9.17, 15) is 4.79 Å². The van der Waals surface area contributed by atoms with Crippen LogP contribution >= 0.6 is 0 Å². The molecule has 0 radical (unpaired) electrons. The predicted molar refractivity (Wildman–Crippen MR) is 99.7 cm³/mol. The van der Waals surface area contributed by atoms with Gasteiger partial charge in [0, 0.05) is 30.9 Å². The van der Waals surface area contributed by atoms with Crippen LogP contribution in [0.15, 0.2) is 54.7 Å². The molecule has 0 aliphatic rings. The van der Waals surface area contributed by atoms with E-state index in [-0.39, 0.29) is 5.91 Å². The summed E-state index contributed by atoms with van der Waals surface area (Å²) in [7, 11) is 3.32. The Morgan fingerprint density at radius 2 is 2.04 bits per heavy atom. The van der Waals surface area contributed by atoms with E-state index in [4.69, 9.17) is 10.5 Å². The number of pyridine rings is 1. The molecule has 0 spiro atoms. The molecule has 0 saturated carbocycles. The number of carbonyl (C=O) groups is 1. The molecule has 3 N–H and O–H groups in total. The molecule has 1 atom stereocenters. The van der Waals surface area contributed by atoms with Gasteiger partial charge < -0.3 is 15.8 Å². The number of ether oxygens (including phenoxy) is 1. The minimum atomic E-state index is -0.642. The minimum Gasteiger partial charge on any atom is -0.481 e. The Hall–Kier alpha value is -3.19. The molecule has 1 unspecified atom stereocenters. The van der Waals surface area contributed by atoms with E-state index in [0.29, 0.717) is 23.8 Å². The maximum Gasteiger partial charge on any atom is 0.242 e. The standard InChI is InChI=1S/C19H21N5O2/c1-24-17(12-16(23-24)14-8-9-21-18(11-14)26-2)22-19(25)15(20)10-13-6-4-3-5-7-13/h3-9,11-12,15H,10,20H2,1-2H3,(H,22,25). The largest absolute Gasteiger partial charge is 0.481 e. The van der Waals surface area contributed by atoms with E-state index >= 15 is 0 Å². The highest BCUT2D eigenvalue weighted by Gasteiger charge is 2.17. The second kappa shape index (κ2) is 7.79. The van der Waals surface area contributed by atoms with Crippen LogP contribution in [0.3, 0.4) is 0 Å². The van der Waals surface area contributed by atoms with Crippen LogP contribution in [0.4, 0.5) is 5.82 Å². The summed E-state index contributed by atoms with van der Waals surface area (Å²) in [5.41, 5.74) is 8.61. The molecular weight excluding hydrogens is 330 g/mol. The predicted octanol–water partition coefficient (Wildman–Crippen LogP) is 2.00. The number of nitrogens with zero attached hydrogens (tertiary/aromatic N) is 3. The van der Waals surface area contributed by atoms with E-state index in [0.717, 1.165) is 11.1 Å². The fourth-order valence-corrected chi connectivity index (χ4v) is 2.59. The van der Waals surface area contributed by atoms with Gasteiger partial charge in [-0.05, 0) is 18.1 Å². The van der Waals surface area contributed by atoms with Gasteiger partial charge in [-0.2, -0.15) is 5.10 Å². The van der Waals surface area contributed by atoms with Gasteiger partial charge in [0.1, 0.15) is 5.82 Å². The van der Waals surface area contributed by atoms with Crippen LogP contribution in [0.5, 0.6) is 5.88 Å². The van der Waals surface area contributed by atoms with Gasteiger partial charge in [-0.1, -0.05) is 30.3 Å². The highest BCUT2D eigenvalue weighted by atomic mass is 16.5. The Kier molecular flexibility index (Phi) is 5.28. The number of hydrogen-bond acceptors (Lipinski definition) is 5. The highest BCUT2D eigenvalue weighted by Crippen LogP contribution is 2.23. The van der Waals surface area contributed by atoms with Crippen molar-refractivity contribution in [2.24, 2.45) is 12.8 Å². The quantitative estimate of drug-likeness (QED) is 0.708. The minimum absolute atomic E-state index is 0.254. The molecule has 7 heteroatoms. The van der Waals surface area contributed by atoms with Gasteiger partial charge in [0.2, 0.25) is 11.8 Å². The summed E-state index contributed by atoms with van der Waals surface area (Å²) in [6, 6.07) is 14.5. The number of anilines is 1. The second-order valence-corrected chi connectivity index (χ2v) is 5.91. The monoisotopic (exact) mass is 351 g/mol. The number of aromatic nitrogens is 3. The molecule has 2 heterocycles. The molecule has 134 valence electrons. The van der Waals surface area contributed by atoms with Crippen LogP contribution in [0, 0.1) is 0 Å². The van der Waals surface area contributed by atoms with E-state index in [1.165, 1.54) is 0 Å².